The highest BCUT2D eigenvalue weighted by Gasteiger charge is 2.26. The van der Waals surface area contributed by atoms with Gasteiger partial charge in [0.25, 0.3) is 5.91 Å². The summed E-state index contributed by atoms with van der Waals surface area (Å²) < 4.78 is 7.17. The van der Waals surface area contributed by atoms with Gasteiger partial charge in [-0.1, -0.05) is 11.6 Å². The Morgan fingerprint density at radius 2 is 2.17 bits per heavy atom. The molecule has 1 aliphatic rings. The molecule has 10 heteroatoms. The number of nitrogens with one attached hydrogen (secondary N) is 1. The van der Waals surface area contributed by atoms with Crippen LogP contribution in [-0.4, -0.2) is 27.8 Å². The second-order valence-corrected chi connectivity index (χ2v) is 5.55. The van der Waals surface area contributed by atoms with Crippen molar-refractivity contribution in [2.45, 2.75) is 25.4 Å². The van der Waals surface area contributed by atoms with Crippen molar-refractivity contribution in [1.29, 1.82) is 0 Å². The van der Waals surface area contributed by atoms with E-state index >= 15 is 0 Å². The average Bonchev–Trinajstić information content (AvgIpc) is 3.25. The molecule has 0 unspecified atom stereocenters. The number of methoxy groups -OCH3 is 1. The fourth-order valence-corrected chi connectivity index (χ4v) is 2.38. The molecule has 0 saturated heterocycles. The van der Waals surface area contributed by atoms with Gasteiger partial charge in [-0.2, -0.15) is 0 Å². The summed E-state index contributed by atoms with van der Waals surface area (Å²) in [5.74, 6) is 0.809. The van der Waals surface area contributed by atoms with Crippen molar-refractivity contribution < 1.29 is 9.53 Å². The van der Waals surface area contributed by atoms with Crippen molar-refractivity contribution in [3.63, 3.8) is 0 Å². The van der Waals surface area contributed by atoms with Crippen LogP contribution in [0.5, 0.6) is 5.75 Å². The normalized spacial score (nSPS) is 12.8. The van der Waals surface area contributed by atoms with Crippen molar-refractivity contribution in [3.05, 3.63) is 34.9 Å². The zero-order chi connectivity index (χ0) is 15.7. The molecule has 0 radical (unpaired) electrons. The standard InChI is InChI=1S/C14H16ClN5O2.2ClH/c1-22-12-5-11(16)10(15)4-9(12)14(21)17-6-13-19-18-7-20(13)8-2-3-8;;/h4-5,7-8H,2-3,6,16H2,1H3,(H,17,21);2*1H. The monoisotopic (exact) mass is 393 g/mol. The number of rotatable bonds is 5. The van der Waals surface area contributed by atoms with Crippen LogP contribution in [0.25, 0.3) is 0 Å². The number of aromatic nitrogens is 3. The van der Waals surface area contributed by atoms with Crippen LogP contribution in [0.1, 0.15) is 35.1 Å². The fourth-order valence-electron chi connectivity index (χ4n) is 2.22. The summed E-state index contributed by atoms with van der Waals surface area (Å²) in [6, 6.07) is 3.49. The van der Waals surface area contributed by atoms with E-state index in [4.69, 9.17) is 22.1 Å². The minimum Gasteiger partial charge on any atom is -0.496 e. The van der Waals surface area contributed by atoms with Crippen LogP contribution in [0.4, 0.5) is 5.69 Å². The van der Waals surface area contributed by atoms with Gasteiger partial charge in [-0.25, -0.2) is 0 Å². The number of nitrogens with zero attached hydrogens (tertiary/aromatic N) is 3. The van der Waals surface area contributed by atoms with Gasteiger partial charge in [0, 0.05) is 12.1 Å². The maximum atomic E-state index is 12.3. The Kier molecular flexibility index (Phi) is 7.13. The third-order valence-electron chi connectivity index (χ3n) is 3.56. The Labute approximate surface area is 156 Å². The lowest BCUT2D eigenvalue weighted by Crippen LogP contribution is -2.25. The number of carbonyl (C=O) groups excluding carboxylic acids is 1. The highest BCUT2D eigenvalue weighted by molar-refractivity contribution is 6.33. The van der Waals surface area contributed by atoms with Crippen molar-refractivity contribution in [1.82, 2.24) is 20.1 Å². The van der Waals surface area contributed by atoms with Gasteiger partial charge in [-0.15, -0.1) is 35.0 Å². The predicted octanol–water partition coefficient (Wildman–Crippen LogP) is 2.63. The van der Waals surface area contributed by atoms with E-state index in [1.165, 1.54) is 19.2 Å². The molecule has 1 fully saturated rings. The summed E-state index contributed by atoms with van der Waals surface area (Å²) in [7, 11) is 1.48. The highest BCUT2D eigenvalue weighted by atomic mass is 35.5. The smallest absolute Gasteiger partial charge is 0.255 e. The zero-order valence-electron chi connectivity index (χ0n) is 12.9. The van der Waals surface area contributed by atoms with Crippen LogP contribution in [0.2, 0.25) is 5.02 Å². The first-order valence-electron chi connectivity index (χ1n) is 6.89. The Morgan fingerprint density at radius 1 is 1.46 bits per heavy atom. The molecule has 1 aliphatic carbocycles. The fraction of sp³-hybridized carbons (Fsp3) is 0.357. The van der Waals surface area contributed by atoms with Crippen molar-refractivity contribution in [2.75, 3.05) is 12.8 Å². The quantitative estimate of drug-likeness (QED) is 0.760. The third-order valence-corrected chi connectivity index (χ3v) is 3.89. The number of hydrogen-bond acceptors (Lipinski definition) is 5. The molecule has 3 rings (SSSR count). The van der Waals surface area contributed by atoms with Crippen LogP contribution < -0.4 is 15.8 Å². The minimum atomic E-state index is -0.302. The molecule has 0 spiro atoms. The molecule has 1 aromatic heterocycles. The van der Waals surface area contributed by atoms with E-state index in [0.29, 0.717) is 34.6 Å². The molecule has 132 valence electrons. The van der Waals surface area contributed by atoms with Crippen molar-refractivity contribution in [2.24, 2.45) is 0 Å². The molecular weight excluding hydrogens is 377 g/mol. The number of anilines is 1. The topological polar surface area (TPSA) is 95.1 Å². The van der Waals surface area contributed by atoms with E-state index in [1.54, 1.807) is 6.33 Å². The molecule has 7 nitrogen and oxygen atoms in total. The molecule has 24 heavy (non-hydrogen) atoms. The first-order chi connectivity index (χ1) is 10.6. The van der Waals surface area contributed by atoms with Gasteiger partial charge < -0.3 is 20.4 Å². The highest BCUT2D eigenvalue weighted by Crippen LogP contribution is 2.35. The Hall–Kier alpha value is -1.70. The van der Waals surface area contributed by atoms with Gasteiger partial charge in [0.1, 0.15) is 12.1 Å². The second-order valence-electron chi connectivity index (χ2n) is 5.14. The number of nitrogens with two attached hydrogens (primary N) is 1. The maximum absolute atomic E-state index is 12.3. The summed E-state index contributed by atoms with van der Waals surface area (Å²) >= 11 is 5.97. The minimum absolute atomic E-state index is 0. The number of ether oxygens (including phenoxy) is 1. The SMILES string of the molecule is COc1cc(N)c(Cl)cc1C(=O)NCc1nncn1C1CC1.Cl.Cl. The molecule has 1 aromatic carbocycles. The zero-order valence-corrected chi connectivity index (χ0v) is 15.2. The lowest BCUT2D eigenvalue weighted by molar-refractivity contribution is 0.0946. The van der Waals surface area contributed by atoms with E-state index in [1.807, 2.05) is 4.57 Å². The van der Waals surface area contributed by atoms with Gasteiger partial charge >= 0.3 is 0 Å². The molecule has 1 heterocycles. The number of nitrogen functional groups attached to an aromatic ring is 1. The number of amides is 1. The molecule has 3 N–H and O–H groups in total. The Morgan fingerprint density at radius 3 is 2.79 bits per heavy atom. The van der Waals surface area contributed by atoms with Crippen LogP contribution in [0.3, 0.4) is 0 Å². The summed E-state index contributed by atoms with van der Waals surface area (Å²) in [6.45, 7) is 0.292. The number of carbonyl (C=O) groups is 1. The van der Waals surface area contributed by atoms with E-state index in [9.17, 15) is 4.79 Å². The van der Waals surface area contributed by atoms with Crippen molar-refractivity contribution in [3.8, 4) is 5.75 Å². The molecule has 2 aromatic rings. The molecule has 0 aliphatic heterocycles. The summed E-state index contributed by atoms with van der Waals surface area (Å²) in [5.41, 5.74) is 6.41. The van der Waals surface area contributed by atoms with Crippen molar-refractivity contribution >= 4 is 48.0 Å². The predicted molar refractivity (Wildman–Crippen MR) is 96.4 cm³/mol. The number of benzene rings is 1. The largest absolute Gasteiger partial charge is 0.496 e. The molecular formula is C14H18Cl3N5O2. The van der Waals surface area contributed by atoms with Gasteiger partial charge in [-0.05, 0) is 18.9 Å². The third kappa shape index (κ3) is 4.23. The molecule has 0 atom stereocenters. The van der Waals surface area contributed by atoms with Gasteiger partial charge in [0.2, 0.25) is 0 Å². The summed E-state index contributed by atoms with van der Waals surface area (Å²) in [6.07, 6.45) is 3.95. The van der Waals surface area contributed by atoms with E-state index < -0.39 is 0 Å². The number of halogens is 3. The van der Waals surface area contributed by atoms with E-state index in [2.05, 4.69) is 15.5 Å². The summed E-state index contributed by atoms with van der Waals surface area (Å²) in [4.78, 5) is 12.3. The summed E-state index contributed by atoms with van der Waals surface area (Å²) in [5, 5.41) is 11.0. The maximum Gasteiger partial charge on any atom is 0.255 e. The van der Waals surface area contributed by atoms with E-state index in [-0.39, 0.29) is 30.7 Å². The van der Waals surface area contributed by atoms with Crippen LogP contribution in [0.15, 0.2) is 18.5 Å². The van der Waals surface area contributed by atoms with Crippen LogP contribution in [-0.2, 0) is 6.54 Å². The Balaban J connectivity index is 0.00000144. The lowest BCUT2D eigenvalue weighted by Gasteiger charge is -2.11. The van der Waals surface area contributed by atoms with Gasteiger partial charge in [-0.3, -0.25) is 4.79 Å². The molecule has 0 bridgehead atoms. The first kappa shape index (κ1) is 20.3. The second kappa shape index (κ2) is 8.41. The Bertz CT molecular complexity index is 718. The molecule has 1 amide bonds. The molecule has 1 saturated carbocycles. The van der Waals surface area contributed by atoms with Gasteiger partial charge in [0.15, 0.2) is 5.82 Å². The van der Waals surface area contributed by atoms with Crippen LogP contribution in [0, 0.1) is 0 Å². The van der Waals surface area contributed by atoms with E-state index in [0.717, 1.165) is 18.7 Å². The van der Waals surface area contributed by atoms with Crippen LogP contribution >= 0.6 is 36.4 Å². The van der Waals surface area contributed by atoms with Gasteiger partial charge in [0.05, 0.1) is 29.9 Å². The average molecular weight is 395 g/mol. The first-order valence-corrected chi connectivity index (χ1v) is 7.27. The lowest BCUT2D eigenvalue weighted by atomic mass is 10.1. The number of hydrogen-bond donors (Lipinski definition) is 2.